The highest BCUT2D eigenvalue weighted by Gasteiger charge is 2.14. The van der Waals surface area contributed by atoms with Crippen molar-refractivity contribution in [2.75, 3.05) is 0 Å². The summed E-state index contributed by atoms with van der Waals surface area (Å²) in [4.78, 5) is 19.0. The van der Waals surface area contributed by atoms with Crippen LogP contribution in [-0.4, -0.2) is 16.9 Å². The maximum absolute atomic E-state index is 12.7. The number of amides is 1. The van der Waals surface area contributed by atoms with E-state index in [2.05, 4.69) is 55.6 Å². The summed E-state index contributed by atoms with van der Waals surface area (Å²) in [5, 5.41) is 5.25. The van der Waals surface area contributed by atoms with E-state index in [9.17, 15) is 4.79 Å². The molecule has 0 fully saturated rings. The van der Waals surface area contributed by atoms with Gasteiger partial charge in [0.15, 0.2) is 0 Å². The zero-order valence-electron chi connectivity index (χ0n) is 15.5. The minimum atomic E-state index is -0.0150. The van der Waals surface area contributed by atoms with Crippen molar-refractivity contribution < 1.29 is 4.79 Å². The summed E-state index contributed by atoms with van der Waals surface area (Å²) in [6.45, 7) is 4.12. The summed E-state index contributed by atoms with van der Waals surface area (Å²) in [6.07, 6.45) is 1.88. The van der Waals surface area contributed by atoms with Gasteiger partial charge < -0.3 is 5.32 Å². The molecule has 0 saturated carbocycles. The number of hydrogen-bond acceptors (Lipinski definition) is 3. The molecule has 2 heterocycles. The van der Waals surface area contributed by atoms with Gasteiger partial charge in [-0.2, -0.15) is 0 Å². The van der Waals surface area contributed by atoms with E-state index in [1.807, 2.05) is 24.3 Å². The number of hydrogen-bond donors (Lipinski definition) is 1. The number of carbonyl (C=O) groups is 1. The quantitative estimate of drug-likeness (QED) is 0.500. The zero-order valence-corrected chi connectivity index (χ0v) is 16.3. The number of carbonyl (C=O) groups excluding carboxylic acids is 1. The number of rotatable bonds is 5. The second-order valence-electron chi connectivity index (χ2n) is 7.09. The van der Waals surface area contributed by atoms with E-state index in [4.69, 9.17) is 4.98 Å². The Morgan fingerprint density at radius 3 is 2.70 bits per heavy atom. The van der Waals surface area contributed by atoms with Gasteiger partial charge in [0, 0.05) is 16.8 Å². The molecule has 1 atom stereocenters. The highest BCUT2D eigenvalue weighted by atomic mass is 32.1. The summed E-state index contributed by atoms with van der Waals surface area (Å²) >= 11 is 1.46. The summed E-state index contributed by atoms with van der Waals surface area (Å²) < 4.78 is 0. The van der Waals surface area contributed by atoms with Crippen LogP contribution in [0.25, 0.3) is 21.1 Å². The van der Waals surface area contributed by atoms with E-state index in [0.29, 0.717) is 0 Å². The molecule has 1 N–H and O–H groups in total. The molecular weight excluding hydrogens is 352 g/mol. The van der Waals surface area contributed by atoms with Crippen LogP contribution in [0.3, 0.4) is 0 Å². The van der Waals surface area contributed by atoms with E-state index in [-0.39, 0.29) is 11.9 Å². The van der Waals surface area contributed by atoms with Gasteiger partial charge in [-0.05, 0) is 56.0 Å². The van der Waals surface area contributed by atoms with Gasteiger partial charge in [-0.25, -0.2) is 4.98 Å². The lowest BCUT2D eigenvalue weighted by molar-refractivity contribution is 0.0942. The molecule has 4 aromatic rings. The number of aromatic nitrogens is 1. The molecule has 0 unspecified atom stereocenters. The average molecular weight is 375 g/mol. The minimum Gasteiger partial charge on any atom is -0.349 e. The largest absolute Gasteiger partial charge is 0.349 e. The highest BCUT2D eigenvalue weighted by molar-refractivity contribution is 7.20. The molecule has 0 aliphatic carbocycles. The molecule has 4 heteroatoms. The Bertz CT molecular complexity index is 1100. The van der Waals surface area contributed by atoms with Crippen LogP contribution < -0.4 is 5.32 Å². The van der Waals surface area contributed by atoms with Gasteiger partial charge in [0.05, 0.1) is 10.4 Å². The smallest absolute Gasteiger partial charge is 0.261 e. The van der Waals surface area contributed by atoms with E-state index >= 15 is 0 Å². The molecule has 2 aromatic heterocycles. The summed E-state index contributed by atoms with van der Waals surface area (Å²) in [6, 6.07) is 20.8. The lowest BCUT2D eigenvalue weighted by Crippen LogP contribution is -2.32. The number of benzene rings is 2. The van der Waals surface area contributed by atoms with Crippen LogP contribution in [0.15, 0.2) is 60.7 Å². The van der Waals surface area contributed by atoms with E-state index in [1.165, 1.54) is 22.5 Å². The molecule has 0 spiro atoms. The molecule has 0 aliphatic rings. The van der Waals surface area contributed by atoms with Crippen molar-refractivity contribution in [3.8, 4) is 0 Å². The number of nitrogens with zero attached hydrogens (tertiary/aromatic N) is 1. The van der Waals surface area contributed by atoms with E-state index in [1.54, 1.807) is 0 Å². The molecule has 136 valence electrons. The Labute approximate surface area is 163 Å². The topological polar surface area (TPSA) is 42.0 Å². The molecule has 27 heavy (non-hydrogen) atoms. The Balaban J connectivity index is 1.47. The Morgan fingerprint density at radius 2 is 1.89 bits per heavy atom. The van der Waals surface area contributed by atoms with Crippen LogP contribution >= 0.6 is 11.3 Å². The van der Waals surface area contributed by atoms with Crippen molar-refractivity contribution in [2.45, 2.75) is 32.7 Å². The molecule has 0 saturated heterocycles. The SMILES string of the molecule is Cc1ccc2cc3cc(C(=O)N[C@H](C)CCc4ccccc4)sc3nc2c1. The van der Waals surface area contributed by atoms with Crippen LogP contribution in [-0.2, 0) is 6.42 Å². The average Bonchev–Trinajstić information content (AvgIpc) is 3.08. The zero-order chi connectivity index (χ0) is 18.8. The second kappa shape index (κ2) is 7.49. The number of nitrogens with one attached hydrogen (secondary N) is 1. The van der Waals surface area contributed by atoms with Gasteiger partial charge in [-0.3, -0.25) is 4.79 Å². The second-order valence-corrected chi connectivity index (χ2v) is 8.12. The lowest BCUT2D eigenvalue weighted by Gasteiger charge is -2.13. The first kappa shape index (κ1) is 17.7. The van der Waals surface area contributed by atoms with Crippen molar-refractivity contribution in [1.29, 1.82) is 0 Å². The Kier molecular flexibility index (Phi) is 4.90. The molecule has 2 aromatic carbocycles. The van der Waals surface area contributed by atoms with Crippen molar-refractivity contribution in [2.24, 2.45) is 0 Å². The fraction of sp³-hybridized carbons (Fsp3) is 0.217. The first-order valence-corrected chi connectivity index (χ1v) is 10.1. The maximum atomic E-state index is 12.7. The van der Waals surface area contributed by atoms with E-state index in [0.717, 1.165) is 38.8 Å². The fourth-order valence-electron chi connectivity index (χ4n) is 3.24. The van der Waals surface area contributed by atoms with Crippen molar-refractivity contribution in [3.63, 3.8) is 0 Å². The normalized spacial score (nSPS) is 12.4. The van der Waals surface area contributed by atoms with E-state index < -0.39 is 0 Å². The van der Waals surface area contributed by atoms with Crippen molar-refractivity contribution in [3.05, 3.63) is 76.7 Å². The predicted octanol–water partition coefficient (Wildman–Crippen LogP) is 5.51. The first-order chi connectivity index (χ1) is 13.1. The Hall–Kier alpha value is -2.72. The standard InChI is InChI=1S/C23H22N2OS/c1-15-8-11-18-13-19-14-21(27-23(19)25-20(18)12-15)22(26)24-16(2)9-10-17-6-4-3-5-7-17/h3-8,11-14,16H,9-10H2,1-2H3,(H,24,26)/t16-/m1/s1. The molecule has 0 bridgehead atoms. The van der Waals surface area contributed by atoms with Crippen molar-refractivity contribution >= 4 is 38.4 Å². The Morgan fingerprint density at radius 1 is 1.07 bits per heavy atom. The van der Waals surface area contributed by atoms with Crippen LogP contribution in [0.4, 0.5) is 0 Å². The maximum Gasteiger partial charge on any atom is 0.261 e. The molecule has 3 nitrogen and oxygen atoms in total. The third kappa shape index (κ3) is 4.01. The third-order valence-electron chi connectivity index (χ3n) is 4.77. The summed E-state index contributed by atoms with van der Waals surface area (Å²) in [7, 11) is 0. The summed E-state index contributed by atoms with van der Waals surface area (Å²) in [5.74, 6) is -0.0150. The molecular formula is C23H22N2OS. The third-order valence-corrected chi connectivity index (χ3v) is 5.81. The number of pyridine rings is 1. The van der Waals surface area contributed by atoms with Crippen LogP contribution in [0.2, 0.25) is 0 Å². The molecule has 0 radical (unpaired) electrons. The monoisotopic (exact) mass is 374 g/mol. The van der Waals surface area contributed by atoms with Gasteiger partial charge in [-0.15, -0.1) is 11.3 Å². The number of thiophene rings is 1. The molecule has 4 rings (SSSR count). The van der Waals surface area contributed by atoms with Gasteiger partial charge in [0.25, 0.3) is 5.91 Å². The van der Waals surface area contributed by atoms with Gasteiger partial charge in [-0.1, -0.05) is 42.5 Å². The first-order valence-electron chi connectivity index (χ1n) is 9.24. The van der Waals surface area contributed by atoms with Gasteiger partial charge in [0.1, 0.15) is 4.83 Å². The minimum absolute atomic E-state index is 0.0150. The summed E-state index contributed by atoms with van der Waals surface area (Å²) in [5.41, 5.74) is 3.47. The number of aryl methyl sites for hydroxylation is 2. The van der Waals surface area contributed by atoms with Crippen LogP contribution in [0, 0.1) is 6.92 Å². The molecule has 1 amide bonds. The van der Waals surface area contributed by atoms with Gasteiger partial charge in [0.2, 0.25) is 0 Å². The van der Waals surface area contributed by atoms with Crippen LogP contribution in [0.1, 0.15) is 34.1 Å². The number of fused-ring (bicyclic) bond motifs is 2. The van der Waals surface area contributed by atoms with Crippen LogP contribution in [0.5, 0.6) is 0 Å². The lowest BCUT2D eigenvalue weighted by atomic mass is 10.1. The predicted molar refractivity (Wildman–Crippen MR) is 114 cm³/mol. The fourth-order valence-corrected chi connectivity index (χ4v) is 4.17. The van der Waals surface area contributed by atoms with Crippen molar-refractivity contribution in [1.82, 2.24) is 10.3 Å². The van der Waals surface area contributed by atoms with Gasteiger partial charge >= 0.3 is 0 Å². The highest BCUT2D eigenvalue weighted by Crippen LogP contribution is 2.28. The molecule has 0 aliphatic heterocycles.